The third-order valence-electron chi connectivity index (χ3n) is 2.76. The summed E-state index contributed by atoms with van der Waals surface area (Å²) in [5.74, 6) is -1.11. The maximum absolute atomic E-state index is 11.1. The lowest BCUT2D eigenvalue weighted by Gasteiger charge is -2.08. The molecular weight excluding hydrogens is 348 g/mol. The van der Waals surface area contributed by atoms with Gasteiger partial charge in [0.2, 0.25) is 0 Å². The monoisotopic (exact) mass is 358 g/mol. The Hall–Kier alpha value is -1.44. The molecule has 0 saturated heterocycles. The van der Waals surface area contributed by atoms with Gasteiger partial charge in [-0.1, -0.05) is 38.8 Å². The molecule has 3 N–H and O–H groups in total. The molecule has 0 bridgehead atoms. The normalized spacial score (nSPS) is 10.8. The molecule has 1 heterocycles. The van der Waals surface area contributed by atoms with E-state index < -0.39 is 5.97 Å². The van der Waals surface area contributed by atoms with Crippen LogP contribution in [0, 0.1) is 0 Å². The van der Waals surface area contributed by atoms with E-state index in [1.165, 1.54) is 4.68 Å². The van der Waals surface area contributed by atoms with Crippen LogP contribution in [-0.2, 0) is 13.0 Å². The predicted octanol–water partition coefficient (Wildman–Crippen LogP) is 1.94. The molecule has 0 radical (unpaired) electrons. The second-order valence-electron chi connectivity index (χ2n) is 4.12. The molecule has 2 rings (SSSR count). The van der Waals surface area contributed by atoms with Gasteiger partial charge >= 0.3 is 5.97 Å². The average molecular weight is 360 g/mol. The molecule has 2 aromatic rings. The van der Waals surface area contributed by atoms with Crippen LogP contribution in [0.15, 0.2) is 22.7 Å². The van der Waals surface area contributed by atoms with Crippen LogP contribution in [-0.4, -0.2) is 32.6 Å². The van der Waals surface area contributed by atoms with Crippen molar-refractivity contribution in [3.63, 3.8) is 0 Å². The molecule has 0 spiro atoms. The summed E-state index contributed by atoms with van der Waals surface area (Å²) in [5, 5.41) is 17.2. The topological polar surface area (TPSA) is 94.0 Å². The van der Waals surface area contributed by atoms with Crippen molar-refractivity contribution in [2.24, 2.45) is 5.73 Å². The first-order valence-corrected chi connectivity index (χ1v) is 6.99. The van der Waals surface area contributed by atoms with Crippen molar-refractivity contribution < 1.29 is 9.90 Å². The molecule has 0 aliphatic carbocycles. The molecule has 6 nitrogen and oxygen atoms in total. The van der Waals surface area contributed by atoms with E-state index in [1.807, 2.05) is 12.1 Å². The number of aromatic nitrogens is 3. The van der Waals surface area contributed by atoms with E-state index in [1.54, 1.807) is 6.07 Å². The zero-order valence-electron chi connectivity index (χ0n) is 10.4. The minimum absolute atomic E-state index is 0.0660. The van der Waals surface area contributed by atoms with Crippen LogP contribution in [0.4, 0.5) is 0 Å². The number of nitrogens with two attached hydrogens (primary N) is 1. The van der Waals surface area contributed by atoms with Crippen molar-refractivity contribution in [3.8, 4) is 0 Å². The van der Waals surface area contributed by atoms with E-state index in [9.17, 15) is 4.79 Å². The number of aromatic carboxylic acids is 1. The van der Waals surface area contributed by atoms with Crippen molar-refractivity contribution in [1.82, 2.24) is 15.0 Å². The summed E-state index contributed by atoms with van der Waals surface area (Å²) in [7, 11) is 0. The summed E-state index contributed by atoms with van der Waals surface area (Å²) in [4.78, 5) is 11.1. The second kappa shape index (κ2) is 6.34. The quantitative estimate of drug-likeness (QED) is 0.851. The fourth-order valence-electron chi connectivity index (χ4n) is 1.82. The van der Waals surface area contributed by atoms with Gasteiger partial charge in [-0.25, -0.2) is 9.48 Å². The number of rotatable bonds is 5. The molecule has 8 heteroatoms. The second-order valence-corrected chi connectivity index (χ2v) is 5.44. The molecular formula is C12H12BrClN4O2. The van der Waals surface area contributed by atoms with Gasteiger partial charge in [-0.3, -0.25) is 0 Å². The maximum Gasteiger partial charge on any atom is 0.358 e. The highest BCUT2D eigenvalue weighted by Gasteiger charge is 2.18. The Morgan fingerprint density at radius 3 is 2.85 bits per heavy atom. The molecule has 0 aliphatic heterocycles. The number of carboxylic acid groups (broad SMARTS) is 1. The highest BCUT2D eigenvalue weighted by atomic mass is 79.9. The zero-order chi connectivity index (χ0) is 14.7. The number of carboxylic acids is 1. The molecule has 0 aliphatic rings. The highest BCUT2D eigenvalue weighted by molar-refractivity contribution is 9.10. The third kappa shape index (κ3) is 3.17. The lowest BCUT2D eigenvalue weighted by molar-refractivity contribution is 0.0689. The molecule has 1 aromatic carbocycles. The van der Waals surface area contributed by atoms with Crippen LogP contribution >= 0.6 is 27.5 Å². The van der Waals surface area contributed by atoms with Gasteiger partial charge in [0.15, 0.2) is 5.69 Å². The Morgan fingerprint density at radius 2 is 2.25 bits per heavy atom. The molecule has 0 atom stereocenters. The standard InChI is InChI=1S/C12H12BrClN4O2/c13-8-2-1-7(9(14)5-8)6-18-10(3-4-15)11(12(19)20)16-17-18/h1-2,5H,3-4,6,15H2,(H,19,20). The first-order valence-electron chi connectivity index (χ1n) is 5.82. The van der Waals surface area contributed by atoms with Crippen molar-refractivity contribution >= 4 is 33.5 Å². The summed E-state index contributed by atoms with van der Waals surface area (Å²) < 4.78 is 2.39. The molecule has 106 valence electrons. The van der Waals surface area contributed by atoms with Crippen LogP contribution in [0.3, 0.4) is 0 Å². The third-order valence-corrected chi connectivity index (χ3v) is 3.60. The minimum atomic E-state index is -1.11. The predicted molar refractivity (Wildman–Crippen MR) is 78.0 cm³/mol. The van der Waals surface area contributed by atoms with Crippen LogP contribution in [0.5, 0.6) is 0 Å². The van der Waals surface area contributed by atoms with E-state index in [4.69, 9.17) is 22.4 Å². The fraction of sp³-hybridized carbons (Fsp3) is 0.250. The van der Waals surface area contributed by atoms with E-state index >= 15 is 0 Å². The van der Waals surface area contributed by atoms with Crippen molar-refractivity contribution in [2.45, 2.75) is 13.0 Å². The van der Waals surface area contributed by atoms with Gasteiger partial charge in [0.25, 0.3) is 0 Å². The van der Waals surface area contributed by atoms with Gasteiger partial charge in [0, 0.05) is 15.9 Å². The Kier molecular flexibility index (Phi) is 4.74. The number of nitrogens with zero attached hydrogens (tertiary/aromatic N) is 3. The first kappa shape index (κ1) is 15.0. The number of carbonyl (C=O) groups is 1. The molecule has 0 fully saturated rings. The summed E-state index contributed by atoms with van der Waals surface area (Å²) in [6.07, 6.45) is 0.392. The molecule has 20 heavy (non-hydrogen) atoms. The lowest BCUT2D eigenvalue weighted by Crippen LogP contribution is -2.14. The number of benzene rings is 1. The van der Waals surface area contributed by atoms with Gasteiger partial charge in [-0.15, -0.1) is 5.10 Å². The van der Waals surface area contributed by atoms with E-state index in [0.29, 0.717) is 30.2 Å². The molecule has 1 aromatic heterocycles. The van der Waals surface area contributed by atoms with Crippen LogP contribution < -0.4 is 5.73 Å². The summed E-state index contributed by atoms with van der Waals surface area (Å²) in [6.45, 7) is 0.670. The van der Waals surface area contributed by atoms with E-state index in [0.717, 1.165) is 10.0 Å². The minimum Gasteiger partial charge on any atom is -0.476 e. The Bertz CT molecular complexity index is 644. The molecule has 0 unspecified atom stereocenters. The summed E-state index contributed by atoms with van der Waals surface area (Å²) in [6, 6.07) is 5.48. The summed E-state index contributed by atoms with van der Waals surface area (Å²) >= 11 is 9.48. The van der Waals surface area contributed by atoms with Gasteiger partial charge in [0.05, 0.1) is 12.2 Å². The van der Waals surface area contributed by atoms with E-state index in [-0.39, 0.29) is 5.69 Å². The fourth-order valence-corrected chi connectivity index (χ4v) is 2.55. The van der Waals surface area contributed by atoms with Gasteiger partial charge in [0.1, 0.15) is 0 Å². The van der Waals surface area contributed by atoms with Gasteiger partial charge < -0.3 is 10.8 Å². The maximum atomic E-state index is 11.1. The SMILES string of the molecule is NCCc1c(C(=O)O)nnn1Cc1ccc(Br)cc1Cl. The van der Waals surface area contributed by atoms with Crippen LogP contribution in [0.1, 0.15) is 21.7 Å². The Morgan fingerprint density at radius 1 is 1.50 bits per heavy atom. The van der Waals surface area contributed by atoms with Gasteiger partial charge in [-0.05, 0) is 24.2 Å². The number of hydrogen-bond acceptors (Lipinski definition) is 4. The Labute approximate surface area is 128 Å². The van der Waals surface area contributed by atoms with Crippen LogP contribution in [0.25, 0.3) is 0 Å². The number of halogens is 2. The molecule has 0 amide bonds. The number of hydrogen-bond donors (Lipinski definition) is 2. The Balaban J connectivity index is 2.35. The first-order chi connectivity index (χ1) is 9.52. The van der Waals surface area contributed by atoms with Gasteiger partial charge in [-0.2, -0.15) is 0 Å². The lowest BCUT2D eigenvalue weighted by atomic mass is 10.2. The van der Waals surface area contributed by atoms with E-state index in [2.05, 4.69) is 26.2 Å². The average Bonchev–Trinajstić information content (AvgIpc) is 2.77. The largest absolute Gasteiger partial charge is 0.476 e. The zero-order valence-corrected chi connectivity index (χ0v) is 12.7. The van der Waals surface area contributed by atoms with Crippen molar-refractivity contribution in [2.75, 3.05) is 6.54 Å². The van der Waals surface area contributed by atoms with Crippen molar-refractivity contribution in [3.05, 3.63) is 44.6 Å². The molecule has 0 saturated carbocycles. The summed E-state index contributed by atoms with van der Waals surface area (Å²) in [5.41, 5.74) is 6.77. The van der Waals surface area contributed by atoms with Crippen molar-refractivity contribution in [1.29, 1.82) is 0 Å². The smallest absolute Gasteiger partial charge is 0.358 e. The highest BCUT2D eigenvalue weighted by Crippen LogP contribution is 2.22. The van der Waals surface area contributed by atoms with Crippen LogP contribution in [0.2, 0.25) is 5.02 Å².